The van der Waals surface area contributed by atoms with Gasteiger partial charge in [-0.05, 0) is 20.3 Å². The Morgan fingerprint density at radius 3 is 1.89 bits per heavy atom. The van der Waals surface area contributed by atoms with Crippen LogP contribution < -0.4 is 0 Å². The molecule has 0 bridgehead atoms. The minimum atomic E-state index is -0.448. The first-order chi connectivity index (χ1) is 3.56. The van der Waals surface area contributed by atoms with Crippen molar-refractivity contribution in [1.29, 1.82) is 0 Å². The molecule has 0 aliphatic heterocycles. The van der Waals surface area contributed by atoms with Crippen LogP contribution in [-0.4, -0.2) is 10.7 Å². The van der Waals surface area contributed by atoms with Crippen molar-refractivity contribution in [1.82, 2.24) is 0 Å². The summed E-state index contributed by atoms with van der Waals surface area (Å²) in [6.07, 6.45) is 3.22. The topological polar surface area (TPSA) is 20.2 Å². The van der Waals surface area contributed by atoms with E-state index in [1.165, 1.54) is 6.42 Å². The zero-order valence-electron chi connectivity index (χ0n) is 6.37. The second-order valence-corrected chi connectivity index (χ2v) is 2.92. The van der Waals surface area contributed by atoms with Crippen molar-refractivity contribution < 1.29 is 27.5 Å². The Hall–Kier alpha value is 0.700. The second kappa shape index (κ2) is 5.48. The quantitative estimate of drug-likeness (QED) is 0.790. The molecule has 0 aromatic rings. The largest absolute Gasteiger partial charge is 0.390 e. The van der Waals surface area contributed by atoms with Gasteiger partial charge in [-0.15, -0.1) is 0 Å². The minimum Gasteiger partial charge on any atom is -0.390 e. The zero-order valence-corrected chi connectivity index (χ0v) is 8.54. The predicted octanol–water partition coefficient (Wildman–Crippen LogP) is 1.94. The predicted molar refractivity (Wildman–Crippen MR) is 35.8 cm³/mol. The van der Waals surface area contributed by atoms with Crippen molar-refractivity contribution in [3.8, 4) is 0 Å². The van der Waals surface area contributed by atoms with Gasteiger partial charge in [-0.3, -0.25) is 0 Å². The molecule has 0 heterocycles. The summed E-state index contributed by atoms with van der Waals surface area (Å²) >= 11 is 0. The number of hydrogen-bond acceptors (Lipinski definition) is 1. The third-order valence-electron chi connectivity index (χ3n) is 1.14. The van der Waals surface area contributed by atoms with Crippen molar-refractivity contribution in [2.24, 2.45) is 0 Å². The fourth-order valence-corrected chi connectivity index (χ4v) is 0.609. The van der Waals surface area contributed by atoms with E-state index in [1.807, 2.05) is 13.8 Å². The molecule has 2 heteroatoms. The molecule has 0 unspecified atom stereocenters. The Labute approximate surface area is 73.4 Å². The summed E-state index contributed by atoms with van der Waals surface area (Å²) in [5, 5.41) is 9.15. The Balaban J connectivity index is 0. The van der Waals surface area contributed by atoms with Gasteiger partial charge >= 0.3 is 0 Å². The average molecular weight is 313 g/mol. The number of aliphatic hydroxyl groups is 1. The molecule has 0 atom stereocenters. The molecule has 1 radical (unpaired) electrons. The summed E-state index contributed by atoms with van der Waals surface area (Å²) in [6, 6.07) is 0. The molecule has 0 spiro atoms. The van der Waals surface area contributed by atoms with Crippen LogP contribution in [0.4, 0.5) is 0 Å². The molecule has 0 aliphatic carbocycles. The van der Waals surface area contributed by atoms with Crippen molar-refractivity contribution in [3.63, 3.8) is 0 Å². The number of hydrogen-bond donors (Lipinski definition) is 1. The van der Waals surface area contributed by atoms with E-state index in [-0.39, 0.29) is 22.4 Å². The summed E-state index contributed by atoms with van der Waals surface area (Å²) in [6.45, 7) is 5.83. The van der Waals surface area contributed by atoms with Crippen LogP contribution >= 0.6 is 0 Å². The fourth-order valence-electron chi connectivity index (χ4n) is 0.609. The molecular weight excluding hydrogens is 297 g/mol. The molecule has 1 N–H and O–H groups in total. The van der Waals surface area contributed by atoms with Gasteiger partial charge in [-0.25, -0.2) is 0 Å². The molecule has 0 saturated heterocycles. The molecule has 0 aliphatic rings. The first kappa shape index (κ1) is 12.4. The van der Waals surface area contributed by atoms with Crippen LogP contribution in [0.5, 0.6) is 0 Å². The normalized spacial score (nSPS) is 10.7. The van der Waals surface area contributed by atoms with E-state index in [1.54, 1.807) is 0 Å². The van der Waals surface area contributed by atoms with Crippen molar-refractivity contribution in [2.75, 3.05) is 0 Å². The van der Waals surface area contributed by atoms with Gasteiger partial charge in [0.1, 0.15) is 0 Å². The standard InChI is InChI=1S/C7H16O.Au/c1-4-5-6-7(2,3)8;/h8H,4-6H2,1-3H3;. The van der Waals surface area contributed by atoms with Crippen LogP contribution in [0.3, 0.4) is 0 Å². The summed E-state index contributed by atoms with van der Waals surface area (Å²) in [5.41, 5.74) is -0.448. The number of rotatable bonds is 3. The maximum absolute atomic E-state index is 9.15. The molecular formula is C7H16AuO. The monoisotopic (exact) mass is 313 g/mol. The maximum Gasteiger partial charge on any atom is 0.0591 e. The fraction of sp³-hybridized carbons (Fsp3) is 1.00. The molecule has 9 heavy (non-hydrogen) atoms. The Bertz CT molecular complexity index is 56.4. The molecule has 61 valence electrons. The molecule has 0 rings (SSSR count). The van der Waals surface area contributed by atoms with Gasteiger partial charge in [0, 0.05) is 22.4 Å². The van der Waals surface area contributed by atoms with Crippen LogP contribution in [0.2, 0.25) is 0 Å². The van der Waals surface area contributed by atoms with Gasteiger partial charge in [-0.1, -0.05) is 19.8 Å². The minimum absolute atomic E-state index is 0. The maximum atomic E-state index is 9.15. The Kier molecular flexibility index (Phi) is 7.54. The molecule has 0 aromatic heterocycles. The smallest absolute Gasteiger partial charge is 0.0591 e. The van der Waals surface area contributed by atoms with Gasteiger partial charge in [0.15, 0.2) is 0 Å². The molecule has 0 aromatic carbocycles. The molecule has 0 saturated carbocycles. The van der Waals surface area contributed by atoms with Gasteiger partial charge in [0.05, 0.1) is 5.60 Å². The van der Waals surface area contributed by atoms with E-state index < -0.39 is 5.60 Å². The second-order valence-electron chi connectivity index (χ2n) is 2.92. The van der Waals surface area contributed by atoms with Crippen LogP contribution in [0.15, 0.2) is 0 Å². The van der Waals surface area contributed by atoms with Crippen molar-refractivity contribution >= 4 is 0 Å². The Morgan fingerprint density at radius 1 is 1.33 bits per heavy atom. The van der Waals surface area contributed by atoms with E-state index >= 15 is 0 Å². The van der Waals surface area contributed by atoms with Crippen molar-refractivity contribution in [2.45, 2.75) is 45.6 Å². The zero-order chi connectivity index (χ0) is 6.62. The molecule has 0 fully saturated rings. The van der Waals surface area contributed by atoms with E-state index in [0.29, 0.717) is 0 Å². The van der Waals surface area contributed by atoms with E-state index in [0.717, 1.165) is 12.8 Å². The van der Waals surface area contributed by atoms with Crippen LogP contribution in [0, 0.1) is 0 Å². The summed E-state index contributed by atoms with van der Waals surface area (Å²) < 4.78 is 0. The van der Waals surface area contributed by atoms with Gasteiger partial charge < -0.3 is 5.11 Å². The third-order valence-corrected chi connectivity index (χ3v) is 1.14. The van der Waals surface area contributed by atoms with E-state index in [2.05, 4.69) is 6.92 Å². The molecule has 1 nitrogen and oxygen atoms in total. The number of unbranched alkanes of at least 4 members (excludes halogenated alkanes) is 1. The average Bonchev–Trinajstić information content (AvgIpc) is 1.59. The summed E-state index contributed by atoms with van der Waals surface area (Å²) in [4.78, 5) is 0. The van der Waals surface area contributed by atoms with Gasteiger partial charge in [0.2, 0.25) is 0 Å². The van der Waals surface area contributed by atoms with E-state index in [9.17, 15) is 0 Å². The van der Waals surface area contributed by atoms with Crippen LogP contribution in [-0.2, 0) is 22.4 Å². The SMILES string of the molecule is CCCCC(C)(C)O.[Au]. The van der Waals surface area contributed by atoms with Crippen molar-refractivity contribution in [3.05, 3.63) is 0 Å². The first-order valence-corrected chi connectivity index (χ1v) is 3.28. The van der Waals surface area contributed by atoms with Gasteiger partial charge in [0.25, 0.3) is 0 Å². The first-order valence-electron chi connectivity index (χ1n) is 3.28. The summed E-state index contributed by atoms with van der Waals surface area (Å²) in [7, 11) is 0. The third kappa shape index (κ3) is 12.0. The van der Waals surface area contributed by atoms with Gasteiger partial charge in [-0.2, -0.15) is 0 Å². The Morgan fingerprint density at radius 2 is 1.78 bits per heavy atom. The summed E-state index contributed by atoms with van der Waals surface area (Å²) in [5.74, 6) is 0. The molecule has 0 amide bonds. The van der Waals surface area contributed by atoms with E-state index in [4.69, 9.17) is 5.11 Å². The van der Waals surface area contributed by atoms with Crippen LogP contribution in [0.1, 0.15) is 40.0 Å². The van der Waals surface area contributed by atoms with Crippen LogP contribution in [0.25, 0.3) is 0 Å².